The molecule has 10 heteroatoms. The quantitative estimate of drug-likeness (QED) is 0.258. The van der Waals surface area contributed by atoms with Gasteiger partial charge in [-0.15, -0.1) is 0 Å². The number of likely N-dealkylation sites (N-methyl/N-ethyl adjacent to an activating group) is 2. The van der Waals surface area contributed by atoms with Crippen LogP contribution in [0.5, 0.6) is 5.75 Å². The molecule has 2 aromatic heterocycles. The van der Waals surface area contributed by atoms with E-state index in [9.17, 15) is 9.90 Å². The van der Waals surface area contributed by atoms with Gasteiger partial charge in [-0.25, -0.2) is 4.98 Å². The van der Waals surface area contributed by atoms with E-state index in [1.807, 2.05) is 63.6 Å². The topological polar surface area (TPSA) is 108 Å². The van der Waals surface area contributed by atoms with Gasteiger partial charge in [0.05, 0.1) is 29.9 Å². The van der Waals surface area contributed by atoms with E-state index in [2.05, 4.69) is 32.0 Å². The highest BCUT2D eigenvalue weighted by Gasteiger charge is 2.18. The molecule has 0 saturated carbocycles. The van der Waals surface area contributed by atoms with Crippen LogP contribution in [0, 0.1) is 0 Å². The van der Waals surface area contributed by atoms with E-state index in [4.69, 9.17) is 9.72 Å². The number of amides is 1. The molecular weight excluding hydrogens is 482 g/mol. The van der Waals surface area contributed by atoms with E-state index in [0.29, 0.717) is 28.7 Å². The van der Waals surface area contributed by atoms with Crippen molar-refractivity contribution in [1.29, 1.82) is 0 Å². The molecule has 4 rings (SSSR count). The number of methoxy groups -OCH3 is 1. The number of fused-ring (bicyclic) bond motifs is 1. The number of aliphatic hydroxyl groups is 1. The van der Waals surface area contributed by atoms with Gasteiger partial charge >= 0.3 is 0 Å². The number of hydrogen-bond acceptors (Lipinski definition) is 8. The summed E-state index contributed by atoms with van der Waals surface area (Å²) in [5.74, 6) is 0.543. The third-order valence-corrected chi connectivity index (χ3v) is 6.12. The molecule has 0 bridgehead atoms. The maximum absolute atomic E-state index is 12.3. The molecule has 0 atom stereocenters. The van der Waals surface area contributed by atoms with Gasteiger partial charge in [0.2, 0.25) is 11.9 Å². The lowest BCUT2D eigenvalue weighted by atomic mass is 10.1. The predicted molar refractivity (Wildman–Crippen MR) is 152 cm³/mol. The number of carbonyl (C=O) groups is 1. The molecule has 0 saturated heterocycles. The van der Waals surface area contributed by atoms with Crippen LogP contribution in [0.4, 0.5) is 23.0 Å². The number of aromatic nitrogens is 3. The van der Waals surface area contributed by atoms with Gasteiger partial charge in [0.25, 0.3) is 0 Å². The molecule has 10 nitrogen and oxygen atoms in total. The number of ether oxygens (including phenoxy) is 1. The summed E-state index contributed by atoms with van der Waals surface area (Å²) in [6.45, 7) is 4.92. The fourth-order valence-corrected chi connectivity index (χ4v) is 4.08. The zero-order valence-corrected chi connectivity index (χ0v) is 22.1. The first kappa shape index (κ1) is 26.6. The van der Waals surface area contributed by atoms with Gasteiger partial charge < -0.3 is 34.8 Å². The summed E-state index contributed by atoms with van der Waals surface area (Å²) in [6.07, 6.45) is 3.00. The Morgan fingerprint density at radius 2 is 1.87 bits per heavy atom. The second-order valence-electron chi connectivity index (χ2n) is 9.04. The lowest BCUT2D eigenvalue weighted by Gasteiger charge is -2.26. The Morgan fingerprint density at radius 3 is 2.53 bits per heavy atom. The Hall–Kier alpha value is -4.41. The van der Waals surface area contributed by atoms with E-state index < -0.39 is 0 Å². The van der Waals surface area contributed by atoms with Crippen molar-refractivity contribution in [3.8, 4) is 17.0 Å². The maximum Gasteiger partial charge on any atom is 0.247 e. The second kappa shape index (κ2) is 11.8. The number of aliphatic hydroxyl groups excluding tert-OH is 1. The number of hydrogen-bond donors (Lipinski definition) is 3. The third-order valence-electron chi connectivity index (χ3n) is 6.12. The monoisotopic (exact) mass is 515 g/mol. The summed E-state index contributed by atoms with van der Waals surface area (Å²) in [5, 5.41) is 16.8. The average molecular weight is 516 g/mol. The first-order chi connectivity index (χ1) is 18.3. The summed E-state index contributed by atoms with van der Waals surface area (Å²) in [4.78, 5) is 25.9. The Kier molecular flexibility index (Phi) is 8.25. The molecular formula is C28H33N7O3. The van der Waals surface area contributed by atoms with Crippen molar-refractivity contribution in [2.75, 3.05) is 56.9 Å². The lowest BCUT2D eigenvalue weighted by molar-refractivity contribution is -0.111. The minimum atomic E-state index is -0.326. The van der Waals surface area contributed by atoms with Crippen LogP contribution in [0.3, 0.4) is 0 Å². The highest BCUT2D eigenvalue weighted by molar-refractivity contribution is 6.02. The SMILES string of the molecule is C=CC(=O)Nc1cc(Nc2nc(-c3ccccc3)c3ccn(CO)c3n2)c(OC)cc1N(C)CCN(C)C. The predicted octanol–water partition coefficient (Wildman–Crippen LogP) is 3.92. The Labute approximate surface area is 222 Å². The van der Waals surface area contributed by atoms with Crippen LogP contribution in [-0.4, -0.2) is 71.8 Å². The van der Waals surface area contributed by atoms with Crippen LogP contribution in [0.15, 0.2) is 67.4 Å². The third kappa shape index (κ3) is 5.77. The molecule has 3 N–H and O–H groups in total. The molecule has 0 aliphatic heterocycles. The lowest BCUT2D eigenvalue weighted by Crippen LogP contribution is -2.29. The van der Waals surface area contributed by atoms with Crippen LogP contribution >= 0.6 is 0 Å². The molecule has 198 valence electrons. The zero-order valence-electron chi connectivity index (χ0n) is 22.1. The second-order valence-corrected chi connectivity index (χ2v) is 9.04. The summed E-state index contributed by atoms with van der Waals surface area (Å²) < 4.78 is 7.36. The van der Waals surface area contributed by atoms with Crippen molar-refractivity contribution in [3.63, 3.8) is 0 Å². The first-order valence-electron chi connectivity index (χ1n) is 12.2. The van der Waals surface area contributed by atoms with Crippen LogP contribution in [0.1, 0.15) is 0 Å². The molecule has 0 spiro atoms. The summed E-state index contributed by atoms with van der Waals surface area (Å²) >= 11 is 0. The van der Waals surface area contributed by atoms with Crippen molar-refractivity contribution in [2.24, 2.45) is 0 Å². The van der Waals surface area contributed by atoms with Crippen molar-refractivity contribution in [2.45, 2.75) is 6.73 Å². The van der Waals surface area contributed by atoms with E-state index in [1.165, 1.54) is 6.08 Å². The van der Waals surface area contributed by atoms with E-state index in [0.717, 1.165) is 35.4 Å². The van der Waals surface area contributed by atoms with Gasteiger partial charge in [-0.1, -0.05) is 36.9 Å². The molecule has 0 radical (unpaired) electrons. The van der Waals surface area contributed by atoms with Crippen molar-refractivity contribution in [1.82, 2.24) is 19.4 Å². The van der Waals surface area contributed by atoms with Crippen LogP contribution < -0.4 is 20.3 Å². The van der Waals surface area contributed by atoms with Gasteiger partial charge in [0.1, 0.15) is 18.1 Å². The smallest absolute Gasteiger partial charge is 0.247 e. The highest BCUT2D eigenvalue weighted by atomic mass is 16.5. The van der Waals surface area contributed by atoms with Gasteiger partial charge in [-0.05, 0) is 32.3 Å². The normalized spacial score (nSPS) is 11.0. The molecule has 0 fully saturated rings. The fraction of sp³-hybridized carbons (Fsp3) is 0.250. The van der Waals surface area contributed by atoms with E-state index in [1.54, 1.807) is 23.9 Å². The minimum absolute atomic E-state index is 0.219. The average Bonchev–Trinajstić information content (AvgIpc) is 3.34. The van der Waals surface area contributed by atoms with Crippen LogP contribution in [0.25, 0.3) is 22.3 Å². The van der Waals surface area contributed by atoms with Gasteiger partial charge in [-0.3, -0.25) is 4.79 Å². The molecule has 1 amide bonds. The van der Waals surface area contributed by atoms with Crippen LogP contribution in [0.2, 0.25) is 0 Å². The molecule has 4 aromatic rings. The number of nitrogens with one attached hydrogen (secondary N) is 2. The summed E-state index contributed by atoms with van der Waals surface area (Å²) in [6, 6.07) is 15.3. The Balaban J connectivity index is 1.81. The molecule has 2 heterocycles. The number of benzene rings is 2. The van der Waals surface area contributed by atoms with Crippen LogP contribution in [-0.2, 0) is 11.5 Å². The minimum Gasteiger partial charge on any atom is -0.494 e. The zero-order chi connectivity index (χ0) is 27.2. The fourth-order valence-electron chi connectivity index (χ4n) is 4.08. The van der Waals surface area contributed by atoms with Crippen molar-refractivity contribution in [3.05, 3.63) is 67.4 Å². The summed E-state index contributed by atoms with van der Waals surface area (Å²) in [7, 11) is 7.56. The Morgan fingerprint density at radius 1 is 1.11 bits per heavy atom. The largest absolute Gasteiger partial charge is 0.494 e. The maximum atomic E-state index is 12.3. The number of carbonyl (C=O) groups excluding carboxylic acids is 1. The van der Waals surface area contributed by atoms with E-state index >= 15 is 0 Å². The molecule has 0 aliphatic rings. The molecule has 0 unspecified atom stereocenters. The molecule has 2 aromatic carbocycles. The van der Waals surface area contributed by atoms with Crippen molar-refractivity contribution >= 4 is 40.0 Å². The Bertz CT molecular complexity index is 1430. The first-order valence-corrected chi connectivity index (χ1v) is 12.2. The number of anilines is 4. The number of nitrogens with zero attached hydrogens (tertiary/aromatic N) is 5. The van der Waals surface area contributed by atoms with Gasteiger partial charge in [-0.2, -0.15) is 4.98 Å². The number of rotatable bonds is 11. The molecule has 0 aliphatic carbocycles. The molecule has 38 heavy (non-hydrogen) atoms. The van der Waals surface area contributed by atoms with Gasteiger partial charge in [0, 0.05) is 43.4 Å². The summed E-state index contributed by atoms with van der Waals surface area (Å²) in [5.41, 5.74) is 4.18. The standard InChI is InChI=1S/C28H33N7O3/c1-6-25(37)29-21-16-22(24(38-5)17-23(21)34(4)15-14-33(2)3)30-28-31-26(19-10-8-7-9-11-19)20-12-13-35(18-36)27(20)32-28/h6-13,16-17,36H,1,14-15,18H2,2-5H3,(H,29,37)(H,30,31,32). The highest BCUT2D eigenvalue weighted by Crippen LogP contribution is 2.38. The van der Waals surface area contributed by atoms with Gasteiger partial charge in [0.15, 0.2) is 0 Å². The van der Waals surface area contributed by atoms with Crippen molar-refractivity contribution < 1.29 is 14.6 Å². The van der Waals surface area contributed by atoms with E-state index in [-0.39, 0.29) is 12.6 Å².